The van der Waals surface area contributed by atoms with Gasteiger partial charge in [-0.05, 0) is 43.3 Å². The maximum atomic E-state index is 13.4. The second-order valence-corrected chi connectivity index (χ2v) is 5.60. The van der Waals surface area contributed by atoms with Crippen LogP contribution in [0.5, 0.6) is 0 Å². The minimum Gasteiger partial charge on any atom is -0.312 e. The fourth-order valence-corrected chi connectivity index (χ4v) is 3.21. The molecular formula is C14H15ClFNS. The van der Waals surface area contributed by atoms with E-state index in [-0.39, 0.29) is 10.8 Å². The smallest absolute Gasteiger partial charge is 0.142 e. The van der Waals surface area contributed by atoms with E-state index in [4.69, 9.17) is 11.6 Å². The largest absolute Gasteiger partial charge is 0.312 e. The van der Waals surface area contributed by atoms with Gasteiger partial charge in [-0.1, -0.05) is 24.6 Å². The summed E-state index contributed by atoms with van der Waals surface area (Å²) < 4.78 is 13.4. The number of hydrogen-bond donors (Lipinski definition) is 1. The number of hydrogen-bond acceptors (Lipinski definition) is 2. The minimum absolute atomic E-state index is 0.164. The Labute approximate surface area is 116 Å². The molecule has 1 atom stereocenters. The van der Waals surface area contributed by atoms with Gasteiger partial charge in [-0.2, -0.15) is 0 Å². The molecule has 1 aromatic carbocycles. The average Bonchev–Trinajstić information content (AvgIpc) is 2.84. The second-order valence-electron chi connectivity index (χ2n) is 4.08. The first-order valence-corrected chi connectivity index (χ1v) is 7.07. The van der Waals surface area contributed by atoms with Gasteiger partial charge in [0.25, 0.3) is 0 Å². The van der Waals surface area contributed by atoms with Gasteiger partial charge in [0.2, 0.25) is 0 Å². The van der Waals surface area contributed by atoms with Crippen molar-refractivity contribution in [3.05, 3.63) is 46.0 Å². The maximum absolute atomic E-state index is 13.4. The highest BCUT2D eigenvalue weighted by Crippen LogP contribution is 2.33. The van der Waals surface area contributed by atoms with Crippen molar-refractivity contribution in [2.75, 3.05) is 7.05 Å². The molecule has 96 valence electrons. The van der Waals surface area contributed by atoms with Gasteiger partial charge in [0, 0.05) is 15.8 Å². The van der Waals surface area contributed by atoms with E-state index in [1.807, 2.05) is 19.2 Å². The molecule has 1 unspecified atom stereocenters. The van der Waals surface area contributed by atoms with Gasteiger partial charge < -0.3 is 5.32 Å². The molecule has 1 N–H and O–H groups in total. The topological polar surface area (TPSA) is 12.0 Å². The molecule has 0 spiro atoms. The predicted octanol–water partition coefficient (Wildman–Crippen LogP) is 4.88. The van der Waals surface area contributed by atoms with Crippen LogP contribution < -0.4 is 5.32 Å². The van der Waals surface area contributed by atoms with Gasteiger partial charge in [0.15, 0.2) is 0 Å². The predicted molar refractivity (Wildman–Crippen MR) is 76.8 cm³/mol. The van der Waals surface area contributed by atoms with E-state index >= 15 is 0 Å². The van der Waals surface area contributed by atoms with Crippen LogP contribution in [0.25, 0.3) is 10.4 Å². The molecule has 18 heavy (non-hydrogen) atoms. The fourth-order valence-electron chi connectivity index (χ4n) is 1.89. The summed E-state index contributed by atoms with van der Waals surface area (Å²) >= 11 is 7.37. The van der Waals surface area contributed by atoms with Gasteiger partial charge in [-0.25, -0.2) is 4.39 Å². The lowest BCUT2D eigenvalue weighted by molar-refractivity contribution is 0.586. The van der Waals surface area contributed by atoms with Gasteiger partial charge in [0.05, 0.1) is 5.02 Å². The first-order chi connectivity index (χ1) is 8.65. The Balaban J connectivity index is 2.31. The maximum Gasteiger partial charge on any atom is 0.142 e. The summed E-state index contributed by atoms with van der Waals surface area (Å²) in [4.78, 5) is 2.33. The van der Waals surface area contributed by atoms with Gasteiger partial charge in [-0.3, -0.25) is 0 Å². The van der Waals surface area contributed by atoms with Crippen LogP contribution in [0, 0.1) is 5.82 Å². The molecule has 1 nitrogen and oxygen atoms in total. The Morgan fingerprint density at radius 1 is 1.33 bits per heavy atom. The van der Waals surface area contributed by atoms with E-state index < -0.39 is 0 Å². The molecule has 0 saturated heterocycles. The Hall–Kier alpha value is -0.900. The molecule has 0 fully saturated rings. The normalized spacial score (nSPS) is 12.7. The number of benzene rings is 1. The zero-order valence-electron chi connectivity index (χ0n) is 10.3. The third kappa shape index (κ3) is 2.74. The molecular weight excluding hydrogens is 269 g/mol. The highest BCUT2D eigenvalue weighted by atomic mass is 35.5. The molecule has 2 rings (SSSR count). The third-order valence-electron chi connectivity index (χ3n) is 2.93. The lowest BCUT2D eigenvalue weighted by atomic mass is 10.1. The first-order valence-electron chi connectivity index (χ1n) is 5.88. The van der Waals surface area contributed by atoms with Crippen molar-refractivity contribution in [1.82, 2.24) is 5.32 Å². The summed E-state index contributed by atoms with van der Waals surface area (Å²) in [7, 11) is 1.95. The van der Waals surface area contributed by atoms with E-state index in [2.05, 4.69) is 18.3 Å². The lowest BCUT2D eigenvalue weighted by Crippen LogP contribution is -2.13. The second kappa shape index (κ2) is 5.83. The SMILES string of the molecule is CCC(NC)c1ccc(-c2ccc(Cl)c(F)c2)s1. The molecule has 1 aromatic heterocycles. The lowest BCUT2D eigenvalue weighted by Gasteiger charge is -2.10. The third-order valence-corrected chi connectivity index (χ3v) is 4.49. The molecule has 2 aromatic rings. The van der Waals surface area contributed by atoms with E-state index in [1.54, 1.807) is 17.4 Å². The van der Waals surface area contributed by atoms with E-state index in [1.165, 1.54) is 10.9 Å². The van der Waals surface area contributed by atoms with Crippen molar-refractivity contribution in [2.45, 2.75) is 19.4 Å². The Bertz CT molecular complexity index is 534. The van der Waals surface area contributed by atoms with Crippen LogP contribution in [0.4, 0.5) is 4.39 Å². The van der Waals surface area contributed by atoms with Gasteiger partial charge >= 0.3 is 0 Å². The first kappa shape index (κ1) is 13.5. The molecule has 1 heterocycles. The molecule has 0 aliphatic carbocycles. The van der Waals surface area contributed by atoms with Gasteiger partial charge in [-0.15, -0.1) is 11.3 Å². The molecule has 0 bridgehead atoms. The van der Waals surface area contributed by atoms with Crippen molar-refractivity contribution in [2.24, 2.45) is 0 Å². The van der Waals surface area contributed by atoms with Crippen LogP contribution in [0.3, 0.4) is 0 Å². The van der Waals surface area contributed by atoms with Crippen LogP contribution in [-0.2, 0) is 0 Å². The van der Waals surface area contributed by atoms with Crippen LogP contribution in [0.1, 0.15) is 24.3 Å². The zero-order valence-corrected chi connectivity index (χ0v) is 11.9. The summed E-state index contributed by atoms with van der Waals surface area (Å²) in [5.41, 5.74) is 0.874. The monoisotopic (exact) mass is 283 g/mol. The summed E-state index contributed by atoms with van der Waals surface area (Å²) in [6, 6.07) is 9.42. The average molecular weight is 284 g/mol. The van der Waals surface area contributed by atoms with Crippen molar-refractivity contribution in [1.29, 1.82) is 0 Å². The van der Waals surface area contributed by atoms with E-state index in [0.717, 1.165) is 16.9 Å². The Morgan fingerprint density at radius 2 is 2.11 bits per heavy atom. The van der Waals surface area contributed by atoms with E-state index in [9.17, 15) is 4.39 Å². The summed E-state index contributed by atoms with van der Waals surface area (Å²) in [6.07, 6.45) is 1.03. The van der Waals surface area contributed by atoms with Crippen LogP contribution in [0.2, 0.25) is 5.02 Å². The highest BCUT2D eigenvalue weighted by molar-refractivity contribution is 7.15. The summed E-state index contributed by atoms with van der Waals surface area (Å²) in [5, 5.41) is 3.43. The quantitative estimate of drug-likeness (QED) is 0.843. The summed E-state index contributed by atoms with van der Waals surface area (Å²) in [6.45, 7) is 2.14. The van der Waals surface area contributed by atoms with E-state index in [0.29, 0.717) is 6.04 Å². The van der Waals surface area contributed by atoms with Crippen molar-refractivity contribution in [3.63, 3.8) is 0 Å². The highest BCUT2D eigenvalue weighted by Gasteiger charge is 2.11. The molecule has 0 aliphatic heterocycles. The van der Waals surface area contributed by atoms with Crippen LogP contribution in [-0.4, -0.2) is 7.05 Å². The van der Waals surface area contributed by atoms with Crippen molar-refractivity contribution < 1.29 is 4.39 Å². The standard InChI is InChI=1S/C14H15ClFNS/c1-3-12(17-2)14-7-6-13(18-14)9-4-5-10(15)11(16)8-9/h4-8,12,17H,3H2,1-2H3. The van der Waals surface area contributed by atoms with Crippen LogP contribution in [0.15, 0.2) is 30.3 Å². The van der Waals surface area contributed by atoms with Crippen molar-refractivity contribution in [3.8, 4) is 10.4 Å². The zero-order chi connectivity index (χ0) is 13.1. The molecule has 0 amide bonds. The van der Waals surface area contributed by atoms with Gasteiger partial charge in [0.1, 0.15) is 5.82 Å². The fraction of sp³-hybridized carbons (Fsp3) is 0.286. The number of halogens is 2. The molecule has 4 heteroatoms. The molecule has 0 aliphatic rings. The Kier molecular flexibility index (Phi) is 4.38. The van der Waals surface area contributed by atoms with Crippen molar-refractivity contribution >= 4 is 22.9 Å². The van der Waals surface area contributed by atoms with Crippen LogP contribution >= 0.6 is 22.9 Å². The molecule has 0 radical (unpaired) electrons. The minimum atomic E-state index is -0.371. The number of thiophene rings is 1. The molecule has 0 saturated carbocycles. The summed E-state index contributed by atoms with van der Waals surface area (Å²) in [5.74, 6) is -0.371. The number of rotatable bonds is 4. The Morgan fingerprint density at radius 3 is 2.72 bits per heavy atom. The number of nitrogens with one attached hydrogen (secondary N) is 1.